The highest BCUT2D eigenvalue weighted by atomic mass is 19.1. The first-order valence-electron chi connectivity index (χ1n) is 6.46. The Kier molecular flexibility index (Phi) is 4.55. The number of para-hydroxylation sites is 1. The first-order valence-corrected chi connectivity index (χ1v) is 6.46. The quantitative estimate of drug-likeness (QED) is 0.866. The molecule has 1 aromatic carbocycles. The van der Waals surface area contributed by atoms with Crippen LogP contribution in [0.25, 0.3) is 0 Å². The number of phenolic OH excluding ortho intramolecular Hbond substituents is 1. The van der Waals surface area contributed by atoms with E-state index in [2.05, 4.69) is 12.2 Å². The maximum Gasteiger partial charge on any atom is 0.165 e. The van der Waals surface area contributed by atoms with E-state index in [9.17, 15) is 9.50 Å². The number of hydrogen-bond acceptors (Lipinski definition) is 3. The number of ether oxygens (including phenoxy) is 1. The number of aromatic hydroxyl groups is 1. The maximum atomic E-state index is 13.2. The molecule has 0 aromatic heterocycles. The zero-order chi connectivity index (χ0) is 13.0. The third-order valence-electron chi connectivity index (χ3n) is 3.66. The van der Waals surface area contributed by atoms with Gasteiger partial charge in [0.1, 0.15) is 0 Å². The first-order chi connectivity index (χ1) is 8.68. The summed E-state index contributed by atoms with van der Waals surface area (Å²) in [5, 5.41) is 12.9. The third kappa shape index (κ3) is 3.21. The van der Waals surface area contributed by atoms with Crippen molar-refractivity contribution in [2.75, 3.05) is 13.2 Å². The Bertz CT molecular complexity index is 391. The molecule has 4 heteroatoms. The van der Waals surface area contributed by atoms with Crippen molar-refractivity contribution >= 4 is 0 Å². The number of phenols is 1. The first kappa shape index (κ1) is 13.3. The zero-order valence-corrected chi connectivity index (χ0v) is 10.7. The summed E-state index contributed by atoms with van der Waals surface area (Å²) >= 11 is 0. The number of benzene rings is 1. The van der Waals surface area contributed by atoms with Crippen LogP contribution in [0.5, 0.6) is 5.75 Å². The minimum atomic E-state index is -0.562. The second kappa shape index (κ2) is 6.16. The highest BCUT2D eigenvalue weighted by molar-refractivity contribution is 5.33. The minimum absolute atomic E-state index is 0.246. The van der Waals surface area contributed by atoms with Gasteiger partial charge >= 0.3 is 0 Å². The molecule has 1 aliphatic heterocycles. The van der Waals surface area contributed by atoms with E-state index in [0.717, 1.165) is 26.1 Å². The van der Waals surface area contributed by atoms with Crippen molar-refractivity contribution in [3.63, 3.8) is 0 Å². The van der Waals surface area contributed by atoms with Crippen LogP contribution in [0.1, 0.15) is 25.3 Å². The summed E-state index contributed by atoms with van der Waals surface area (Å²) in [6.07, 6.45) is 2.12. The molecule has 1 atom stereocenters. The molecule has 1 aliphatic rings. The van der Waals surface area contributed by atoms with Crippen LogP contribution in [-0.2, 0) is 11.3 Å². The largest absolute Gasteiger partial charge is 0.505 e. The zero-order valence-electron chi connectivity index (χ0n) is 10.7. The van der Waals surface area contributed by atoms with E-state index in [1.165, 1.54) is 6.07 Å². The lowest BCUT2D eigenvalue weighted by molar-refractivity contribution is 0.0557. The summed E-state index contributed by atoms with van der Waals surface area (Å²) in [6.45, 7) is 4.26. The summed E-state index contributed by atoms with van der Waals surface area (Å²) in [5.74, 6) is -0.216. The van der Waals surface area contributed by atoms with Crippen molar-refractivity contribution in [3.8, 4) is 5.75 Å². The molecule has 0 radical (unpaired) electrons. The van der Waals surface area contributed by atoms with Crippen molar-refractivity contribution in [3.05, 3.63) is 29.6 Å². The fourth-order valence-corrected chi connectivity index (χ4v) is 2.36. The van der Waals surface area contributed by atoms with E-state index in [-0.39, 0.29) is 5.75 Å². The second-order valence-corrected chi connectivity index (χ2v) is 4.87. The predicted octanol–water partition coefficient (Wildman–Crippen LogP) is 2.44. The van der Waals surface area contributed by atoms with Gasteiger partial charge in [-0.15, -0.1) is 0 Å². The lowest BCUT2D eigenvalue weighted by atomic mass is 9.93. The number of hydrogen-bond donors (Lipinski definition) is 2. The summed E-state index contributed by atoms with van der Waals surface area (Å²) in [5.41, 5.74) is 0.605. The van der Waals surface area contributed by atoms with Crippen LogP contribution in [0, 0.1) is 11.7 Å². The van der Waals surface area contributed by atoms with Gasteiger partial charge in [0.15, 0.2) is 11.6 Å². The minimum Gasteiger partial charge on any atom is -0.505 e. The molecule has 1 aromatic rings. The smallest absolute Gasteiger partial charge is 0.165 e. The Morgan fingerprint density at radius 1 is 1.44 bits per heavy atom. The summed E-state index contributed by atoms with van der Waals surface area (Å²) in [4.78, 5) is 0. The molecular formula is C14H20FNO2. The van der Waals surface area contributed by atoms with Crippen LogP contribution >= 0.6 is 0 Å². The number of rotatable bonds is 4. The molecule has 100 valence electrons. The lowest BCUT2D eigenvalue weighted by Gasteiger charge is -2.28. The van der Waals surface area contributed by atoms with E-state index in [0.29, 0.717) is 24.1 Å². The third-order valence-corrected chi connectivity index (χ3v) is 3.66. The van der Waals surface area contributed by atoms with Gasteiger partial charge in [-0.1, -0.05) is 12.1 Å². The van der Waals surface area contributed by atoms with Gasteiger partial charge < -0.3 is 15.2 Å². The monoisotopic (exact) mass is 253 g/mol. The lowest BCUT2D eigenvalue weighted by Crippen LogP contribution is -2.36. The standard InChI is InChI=1S/C14H20FNO2/c1-10(11-5-7-18-8-6-11)16-9-12-3-2-4-13(15)14(12)17/h2-4,10-11,16-17H,5-9H2,1H3. The van der Waals surface area contributed by atoms with Crippen LogP contribution in [0.15, 0.2) is 18.2 Å². The van der Waals surface area contributed by atoms with Crippen LogP contribution < -0.4 is 5.32 Å². The molecule has 18 heavy (non-hydrogen) atoms. The molecule has 0 spiro atoms. The van der Waals surface area contributed by atoms with Gasteiger partial charge in [-0.05, 0) is 31.7 Å². The van der Waals surface area contributed by atoms with Gasteiger partial charge in [0, 0.05) is 31.4 Å². The molecule has 1 unspecified atom stereocenters. The molecule has 2 rings (SSSR count). The Hall–Kier alpha value is -1.13. The van der Waals surface area contributed by atoms with E-state index >= 15 is 0 Å². The van der Waals surface area contributed by atoms with Crippen LogP contribution in [0.4, 0.5) is 4.39 Å². The van der Waals surface area contributed by atoms with Crippen molar-refractivity contribution < 1.29 is 14.2 Å². The van der Waals surface area contributed by atoms with E-state index in [4.69, 9.17) is 4.74 Å². The van der Waals surface area contributed by atoms with Crippen molar-refractivity contribution in [2.45, 2.75) is 32.4 Å². The Morgan fingerprint density at radius 3 is 2.89 bits per heavy atom. The molecule has 0 aliphatic carbocycles. The van der Waals surface area contributed by atoms with Gasteiger partial charge in [-0.3, -0.25) is 0 Å². The van der Waals surface area contributed by atoms with Gasteiger partial charge in [-0.25, -0.2) is 4.39 Å². The highest BCUT2D eigenvalue weighted by Crippen LogP contribution is 2.22. The fraction of sp³-hybridized carbons (Fsp3) is 0.571. The van der Waals surface area contributed by atoms with E-state index < -0.39 is 5.82 Å². The van der Waals surface area contributed by atoms with Crippen molar-refractivity contribution in [2.24, 2.45) is 5.92 Å². The number of nitrogens with one attached hydrogen (secondary N) is 1. The maximum absolute atomic E-state index is 13.2. The van der Waals surface area contributed by atoms with Gasteiger partial charge in [-0.2, -0.15) is 0 Å². The topological polar surface area (TPSA) is 41.5 Å². The molecule has 2 N–H and O–H groups in total. The van der Waals surface area contributed by atoms with Gasteiger partial charge in [0.2, 0.25) is 0 Å². The van der Waals surface area contributed by atoms with Crippen LogP contribution in [-0.4, -0.2) is 24.4 Å². The normalized spacial score (nSPS) is 18.8. The molecule has 1 heterocycles. The van der Waals surface area contributed by atoms with Gasteiger partial charge in [0.25, 0.3) is 0 Å². The Balaban J connectivity index is 1.88. The summed E-state index contributed by atoms with van der Waals surface area (Å²) in [6, 6.07) is 4.96. The van der Waals surface area contributed by atoms with Gasteiger partial charge in [0.05, 0.1) is 0 Å². The molecule has 3 nitrogen and oxygen atoms in total. The molecule has 1 saturated heterocycles. The van der Waals surface area contributed by atoms with Crippen LogP contribution in [0.3, 0.4) is 0 Å². The molecule has 1 fully saturated rings. The molecular weight excluding hydrogens is 233 g/mol. The Labute approximate surface area is 107 Å². The highest BCUT2D eigenvalue weighted by Gasteiger charge is 2.20. The number of halogens is 1. The van der Waals surface area contributed by atoms with Crippen molar-refractivity contribution in [1.29, 1.82) is 0 Å². The Morgan fingerprint density at radius 2 is 2.17 bits per heavy atom. The average Bonchev–Trinajstić information content (AvgIpc) is 2.41. The average molecular weight is 253 g/mol. The molecule has 0 amide bonds. The predicted molar refractivity (Wildman–Crippen MR) is 67.9 cm³/mol. The van der Waals surface area contributed by atoms with Crippen LogP contribution in [0.2, 0.25) is 0 Å². The summed E-state index contributed by atoms with van der Waals surface area (Å²) in [7, 11) is 0. The van der Waals surface area contributed by atoms with E-state index in [1.807, 2.05) is 0 Å². The van der Waals surface area contributed by atoms with Crippen molar-refractivity contribution in [1.82, 2.24) is 5.32 Å². The fourth-order valence-electron chi connectivity index (χ4n) is 2.36. The van der Waals surface area contributed by atoms with E-state index in [1.54, 1.807) is 12.1 Å². The second-order valence-electron chi connectivity index (χ2n) is 4.87. The SMILES string of the molecule is CC(NCc1cccc(F)c1O)C1CCOCC1. The summed E-state index contributed by atoms with van der Waals surface area (Å²) < 4.78 is 18.5. The molecule has 0 saturated carbocycles. The molecule has 0 bridgehead atoms.